The number of benzene rings is 1. The molecule has 4 aromatic rings. The Morgan fingerprint density at radius 2 is 1.09 bits per heavy atom. The standard InChI is InChI=1S/C19H16GeO3/c1-15-7-2-3-8-16(15)20(17-9-4-12-21-17,18-10-5-13-22-18)19-11-6-14-23-19/h2-14H,1H3. The van der Waals surface area contributed by atoms with Crippen LogP contribution in [0.4, 0.5) is 0 Å². The van der Waals surface area contributed by atoms with Gasteiger partial charge in [-0.25, -0.2) is 0 Å². The van der Waals surface area contributed by atoms with Crippen LogP contribution >= 0.6 is 0 Å². The van der Waals surface area contributed by atoms with Crippen molar-refractivity contribution in [3.63, 3.8) is 0 Å². The monoisotopic (exact) mass is 366 g/mol. The first-order valence-corrected chi connectivity index (χ1v) is 11.7. The average Bonchev–Trinajstić information content (AvgIpc) is 3.35. The first-order chi connectivity index (χ1) is 11.3. The molecule has 0 saturated heterocycles. The van der Waals surface area contributed by atoms with Gasteiger partial charge in [-0.15, -0.1) is 0 Å². The first kappa shape index (κ1) is 14.2. The molecule has 4 heteroatoms. The second-order valence-corrected chi connectivity index (χ2v) is 12.9. The molecule has 114 valence electrons. The second kappa shape index (κ2) is 5.67. The fraction of sp³-hybridized carbons (Fsp3) is 0.0526. The van der Waals surface area contributed by atoms with Crippen LogP contribution < -0.4 is 18.2 Å². The Labute approximate surface area is 136 Å². The van der Waals surface area contributed by atoms with Crippen LogP contribution in [0.25, 0.3) is 0 Å². The van der Waals surface area contributed by atoms with E-state index in [-0.39, 0.29) is 0 Å². The van der Waals surface area contributed by atoms with Crippen LogP contribution in [0.2, 0.25) is 0 Å². The molecule has 0 unspecified atom stereocenters. The van der Waals surface area contributed by atoms with E-state index >= 15 is 0 Å². The van der Waals surface area contributed by atoms with Crippen molar-refractivity contribution in [3.8, 4) is 0 Å². The summed E-state index contributed by atoms with van der Waals surface area (Å²) in [7, 11) is 0. The van der Waals surface area contributed by atoms with Gasteiger partial charge in [-0.3, -0.25) is 0 Å². The first-order valence-electron chi connectivity index (χ1n) is 7.51. The summed E-state index contributed by atoms with van der Waals surface area (Å²) < 4.78 is 21.9. The summed E-state index contributed by atoms with van der Waals surface area (Å²) in [6.45, 7) is 2.13. The number of furan rings is 3. The van der Waals surface area contributed by atoms with Gasteiger partial charge in [-0.05, 0) is 0 Å². The molecule has 0 aliphatic heterocycles. The molecule has 0 bridgehead atoms. The zero-order chi connectivity index (χ0) is 15.7. The third-order valence-electron chi connectivity index (χ3n) is 4.22. The van der Waals surface area contributed by atoms with Crippen LogP contribution in [0.15, 0.2) is 92.7 Å². The topological polar surface area (TPSA) is 39.4 Å². The van der Waals surface area contributed by atoms with Crippen molar-refractivity contribution >= 4 is 31.4 Å². The number of hydrogen-bond acceptors (Lipinski definition) is 3. The van der Waals surface area contributed by atoms with Gasteiger partial charge in [0.05, 0.1) is 0 Å². The molecular weight excluding hydrogens is 349 g/mol. The zero-order valence-electron chi connectivity index (χ0n) is 12.7. The normalized spacial score (nSPS) is 11.7. The van der Waals surface area contributed by atoms with Crippen molar-refractivity contribution in [2.45, 2.75) is 6.92 Å². The SMILES string of the molecule is Cc1cccc[c]1[Ge]([c]1ccco1)([c]1ccco1)[c]1ccco1. The minimum atomic E-state index is -3.37. The van der Waals surface area contributed by atoms with E-state index in [1.54, 1.807) is 18.8 Å². The molecule has 0 fully saturated rings. The molecule has 0 N–H and O–H groups in total. The summed E-state index contributed by atoms with van der Waals surface area (Å²) in [5.41, 5.74) is 1.22. The summed E-state index contributed by atoms with van der Waals surface area (Å²) >= 11 is -3.37. The zero-order valence-corrected chi connectivity index (χ0v) is 14.8. The average molecular weight is 365 g/mol. The number of rotatable bonds is 4. The van der Waals surface area contributed by atoms with E-state index in [0.717, 1.165) is 13.8 Å². The predicted octanol–water partition coefficient (Wildman–Crippen LogP) is 2.15. The van der Waals surface area contributed by atoms with Crippen molar-refractivity contribution in [3.05, 3.63) is 85.0 Å². The van der Waals surface area contributed by atoms with Gasteiger partial charge >= 0.3 is 137 Å². The quantitative estimate of drug-likeness (QED) is 0.521. The van der Waals surface area contributed by atoms with Crippen LogP contribution in [0.1, 0.15) is 5.56 Å². The molecule has 3 heterocycles. The fourth-order valence-corrected chi connectivity index (χ4v) is 12.3. The molecule has 0 radical (unpaired) electrons. The Morgan fingerprint density at radius 3 is 1.48 bits per heavy atom. The van der Waals surface area contributed by atoms with Gasteiger partial charge in [0, 0.05) is 0 Å². The molecule has 0 spiro atoms. The summed E-state index contributed by atoms with van der Waals surface area (Å²) in [6, 6.07) is 20.3. The summed E-state index contributed by atoms with van der Waals surface area (Å²) in [5, 5.41) is 0. The molecule has 3 nitrogen and oxygen atoms in total. The van der Waals surface area contributed by atoms with Gasteiger partial charge < -0.3 is 0 Å². The Morgan fingerprint density at radius 1 is 0.609 bits per heavy atom. The summed E-state index contributed by atoms with van der Waals surface area (Å²) in [6.07, 6.45) is 5.17. The Hall–Kier alpha value is -2.40. The summed E-state index contributed by atoms with van der Waals surface area (Å²) in [5.74, 6) is 0. The Kier molecular flexibility index (Phi) is 3.50. The Balaban J connectivity index is 2.14. The maximum absolute atomic E-state index is 5.92. The van der Waals surface area contributed by atoms with Gasteiger partial charge in [0.15, 0.2) is 0 Å². The third kappa shape index (κ3) is 2.11. The van der Waals surface area contributed by atoms with Crippen LogP contribution in [0, 0.1) is 6.92 Å². The Bertz CT molecular complexity index is 791. The van der Waals surface area contributed by atoms with E-state index in [9.17, 15) is 0 Å². The maximum atomic E-state index is 5.92. The van der Waals surface area contributed by atoms with Gasteiger partial charge in [0.25, 0.3) is 0 Å². The molecule has 1 aromatic carbocycles. The van der Waals surface area contributed by atoms with Crippen molar-refractivity contribution in [2.75, 3.05) is 0 Å². The van der Waals surface area contributed by atoms with Crippen LogP contribution in [0.3, 0.4) is 0 Å². The molecule has 0 amide bonds. The van der Waals surface area contributed by atoms with E-state index in [1.807, 2.05) is 36.4 Å². The molecular formula is C19H16GeO3. The molecule has 3 aromatic heterocycles. The molecule has 0 aliphatic carbocycles. The van der Waals surface area contributed by atoms with Crippen molar-refractivity contribution in [2.24, 2.45) is 0 Å². The number of hydrogen-bond donors (Lipinski definition) is 0. The van der Waals surface area contributed by atoms with Gasteiger partial charge in [0.1, 0.15) is 0 Å². The van der Waals surface area contributed by atoms with E-state index in [1.165, 1.54) is 9.96 Å². The molecule has 0 saturated carbocycles. The van der Waals surface area contributed by atoms with Gasteiger partial charge in [0.2, 0.25) is 0 Å². The third-order valence-corrected chi connectivity index (χ3v) is 13.5. The van der Waals surface area contributed by atoms with Crippen LogP contribution in [0.5, 0.6) is 0 Å². The minimum absolute atomic E-state index is 0.948. The number of aryl methyl sites for hydroxylation is 1. The van der Waals surface area contributed by atoms with E-state index in [0.29, 0.717) is 0 Å². The molecule has 0 aliphatic rings. The molecule has 23 heavy (non-hydrogen) atoms. The summed E-state index contributed by atoms with van der Waals surface area (Å²) in [4.78, 5) is 0. The predicted molar refractivity (Wildman–Crippen MR) is 91.6 cm³/mol. The van der Waals surface area contributed by atoms with E-state index in [4.69, 9.17) is 13.3 Å². The van der Waals surface area contributed by atoms with Crippen molar-refractivity contribution in [1.29, 1.82) is 0 Å². The molecule has 4 rings (SSSR count). The van der Waals surface area contributed by atoms with Crippen molar-refractivity contribution in [1.82, 2.24) is 0 Å². The van der Waals surface area contributed by atoms with E-state index < -0.39 is 13.3 Å². The van der Waals surface area contributed by atoms with Gasteiger partial charge in [-0.1, -0.05) is 0 Å². The van der Waals surface area contributed by atoms with Crippen LogP contribution in [-0.4, -0.2) is 13.3 Å². The van der Waals surface area contributed by atoms with E-state index in [2.05, 4.69) is 31.2 Å². The van der Waals surface area contributed by atoms with Gasteiger partial charge in [-0.2, -0.15) is 0 Å². The van der Waals surface area contributed by atoms with Crippen molar-refractivity contribution < 1.29 is 13.3 Å². The fourth-order valence-electron chi connectivity index (χ4n) is 3.23. The van der Waals surface area contributed by atoms with Crippen LogP contribution in [-0.2, 0) is 0 Å². The second-order valence-electron chi connectivity index (χ2n) is 5.50. The molecule has 0 atom stereocenters.